The molecule has 0 fully saturated rings. The van der Waals surface area contributed by atoms with Crippen molar-refractivity contribution in [3.63, 3.8) is 0 Å². The Hall–Kier alpha value is -1.47. The molecule has 1 aliphatic heterocycles. The number of hydrogen-bond donors (Lipinski definition) is 0. The minimum Gasteiger partial charge on any atom is -0.0888 e. The summed E-state index contributed by atoms with van der Waals surface area (Å²) >= 11 is 1.85. The fraction of sp³-hybridized carbons (Fsp3) is 0.0667. The van der Waals surface area contributed by atoms with Crippen LogP contribution < -0.4 is 0 Å². The molecule has 1 aliphatic rings. The zero-order chi connectivity index (χ0) is 11.0. The SMILES string of the molecule is Cc1ccc2c(c1)C=Cc1ccccc1S2. The molecule has 0 N–H and O–H groups in total. The summed E-state index contributed by atoms with van der Waals surface area (Å²) in [6.45, 7) is 2.14. The maximum absolute atomic E-state index is 2.24. The average Bonchev–Trinajstić information content (AvgIpc) is 2.48. The number of rotatable bonds is 0. The highest BCUT2D eigenvalue weighted by atomic mass is 32.2. The van der Waals surface area contributed by atoms with Crippen molar-refractivity contribution in [1.82, 2.24) is 0 Å². The van der Waals surface area contributed by atoms with Gasteiger partial charge in [0.05, 0.1) is 0 Å². The third-order valence-electron chi connectivity index (χ3n) is 2.75. The van der Waals surface area contributed by atoms with Gasteiger partial charge in [-0.1, -0.05) is 59.8 Å². The summed E-state index contributed by atoms with van der Waals surface area (Å²) < 4.78 is 0. The molecule has 0 atom stereocenters. The van der Waals surface area contributed by atoms with Crippen molar-refractivity contribution in [1.29, 1.82) is 0 Å². The van der Waals surface area contributed by atoms with Gasteiger partial charge in [-0.3, -0.25) is 0 Å². The molecule has 2 aromatic carbocycles. The van der Waals surface area contributed by atoms with Crippen molar-refractivity contribution >= 4 is 23.9 Å². The van der Waals surface area contributed by atoms with Gasteiger partial charge in [0, 0.05) is 9.79 Å². The lowest BCUT2D eigenvalue weighted by atomic mass is 10.1. The van der Waals surface area contributed by atoms with E-state index in [0.717, 1.165) is 0 Å². The minimum atomic E-state index is 1.31. The standard InChI is InChI=1S/C15H12S/c1-11-6-9-15-13(10-11)8-7-12-4-2-3-5-14(12)16-15/h2-10H,1H3. The molecule has 0 spiro atoms. The highest BCUT2D eigenvalue weighted by Gasteiger charge is 2.08. The molecular formula is C15H12S. The smallest absolute Gasteiger partial charge is 0.0195 e. The number of benzene rings is 2. The molecule has 0 radical (unpaired) electrons. The number of aryl methyl sites for hydroxylation is 1. The molecule has 0 bridgehead atoms. The lowest BCUT2D eigenvalue weighted by molar-refractivity contribution is 1.34. The third-order valence-corrected chi connectivity index (χ3v) is 3.93. The molecule has 0 saturated heterocycles. The Labute approximate surface area is 100 Å². The highest BCUT2D eigenvalue weighted by Crippen LogP contribution is 2.37. The van der Waals surface area contributed by atoms with Gasteiger partial charge in [-0.2, -0.15) is 0 Å². The van der Waals surface area contributed by atoms with Gasteiger partial charge in [0.15, 0.2) is 0 Å². The Kier molecular flexibility index (Phi) is 2.33. The lowest BCUT2D eigenvalue weighted by Crippen LogP contribution is -1.80. The quantitative estimate of drug-likeness (QED) is 0.536. The van der Waals surface area contributed by atoms with Crippen LogP contribution in [0.4, 0.5) is 0 Å². The fourth-order valence-electron chi connectivity index (χ4n) is 1.90. The van der Waals surface area contributed by atoms with Gasteiger partial charge in [-0.25, -0.2) is 0 Å². The first kappa shape index (κ1) is 9.73. The second kappa shape index (κ2) is 3.84. The summed E-state index contributed by atoms with van der Waals surface area (Å²) in [6.07, 6.45) is 4.41. The second-order valence-electron chi connectivity index (χ2n) is 4.01. The molecule has 0 amide bonds. The van der Waals surface area contributed by atoms with Crippen molar-refractivity contribution in [2.24, 2.45) is 0 Å². The van der Waals surface area contributed by atoms with Crippen LogP contribution in [-0.4, -0.2) is 0 Å². The van der Waals surface area contributed by atoms with Crippen LogP contribution in [0, 0.1) is 6.92 Å². The van der Waals surface area contributed by atoms with Crippen molar-refractivity contribution in [3.8, 4) is 0 Å². The predicted molar refractivity (Wildman–Crippen MR) is 70.7 cm³/mol. The van der Waals surface area contributed by atoms with Gasteiger partial charge in [0.1, 0.15) is 0 Å². The zero-order valence-electron chi connectivity index (χ0n) is 9.10. The normalized spacial score (nSPS) is 12.8. The van der Waals surface area contributed by atoms with Crippen molar-refractivity contribution < 1.29 is 0 Å². The number of fused-ring (bicyclic) bond motifs is 2. The van der Waals surface area contributed by atoms with E-state index < -0.39 is 0 Å². The average molecular weight is 224 g/mol. The Morgan fingerprint density at radius 3 is 2.50 bits per heavy atom. The van der Waals surface area contributed by atoms with E-state index in [-0.39, 0.29) is 0 Å². The minimum absolute atomic E-state index is 1.31. The van der Waals surface area contributed by atoms with Gasteiger partial charge >= 0.3 is 0 Å². The molecular weight excluding hydrogens is 212 g/mol. The molecule has 2 aromatic rings. The monoisotopic (exact) mass is 224 g/mol. The first-order chi connectivity index (χ1) is 7.83. The highest BCUT2D eigenvalue weighted by molar-refractivity contribution is 7.99. The Balaban J connectivity index is 2.17. The summed E-state index contributed by atoms with van der Waals surface area (Å²) in [6, 6.07) is 15.2. The fourth-order valence-corrected chi connectivity index (χ4v) is 2.92. The predicted octanol–water partition coefficient (Wildman–Crippen LogP) is 4.63. The first-order valence-corrected chi connectivity index (χ1v) is 6.20. The van der Waals surface area contributed by atoms with Crippen LogP contribution in [0.3, 0.4) is 0 Å². The van der Waals surface area contributed by atoms with Crippen LogP contribution in [0.2, 0.25) is 0 Å². The third kappa shape index (κ3) is 1.68. The Morgan fingerprint density at radius 2 is 1.56 bits per heavy atom. The molecule has 0 nitrogen and oxygen atoms in total. The Morgan fingerprint density at radius 1 is 0.812 bits per heavy atom. The summed E-state index contributed by atoms with van der Waals surface area (Å²) in [5.41, 5.74) is 3.94. The van der Waals surface area contributed by atoms with Gasteiger partial charge < -0.3 is 0 Å². The Bertz CT molecular complexity index is 567. The molecule has 1 heterocycles. The van der Waals surface area contributed by atoms with E-state index in [4.69, 9.17) is 0 Å². The van der Waals surface area contributed by atoms with E-state index in [1.54, 1.807) is 0 Å². The number of hydrogen-bond acceptors (Lipinski definition) is 1. The van der Waals surface area contributed by atoms with E-state index in [2.05, 4.69) is 61.5 Å². The topological polar surface area (TPSA) is 0 Å². The summed E-state index contributed by atoms with van der Waals surface area (Å²) in [5.74, 6) is 0. The van der Waals surface area contributed by atoms with Crippen LogP contribution in [0.5, 0.6) is 0 Å². The molecule has 0 aromatic heterocycles. The van der Waals surface area contributed by atoms with Crippen LogP contribution in [0.25, 0.3) is 12.2 Å². The van der Waals surface area contributed by atoms with Crippen molar-refractivity contribution in [2.45, 2.75) is 16.7 Å². The molecule has 0 saturated carbocycles. The molecule has 16 heavy (non-hydrogen) atoms. The largest absolute Gasteiger partial charge is 0.0888 e. The van der Waals surface area contributed by atoms with Crippen LogP contribution >= 0.6 is 11.8 Å². The molecule has 3 rings (SSSR count). The summed E-state index contributed by atoms with van der Waals surface area (Å²) in [7, 11) is 0. The van der Waals surface area contributed by atoms with Crippen molar-refractivity contribution in [3.05, 3.63) is 59.2 Å². The summed E-state index contributed by atoms with van der Waals surface area (Å²) in [5, 5.41) is 0. The van der Waals surface area contributed by atoms with Gasteiger partial charge in [-0.15, -0.1) is 0 Å². The molecule has 1 heteroatoms. The molecule has 0 aliphatic carbocycles. The van der Waals surface area contributed by atoms with Crippen LogP contribution in [0.15, 0.2) is 52.3 Å². The van der Waals surface area contributed by atoms with E-state index in [1.165, 1.54) is 26.5 Å². The summed E-state index contributed by atoms with van der Waals surface area (Å²) in [4.78, 5) is 2.67. The first-order valence-electron chi connectivity index (χ1n) is 5.38. The van der Waals surface area contributed by atoms with E-state index in [0.29, 0.717) is 0 Å². The lowest BCUT2D eigenvalue weighted by Gasteiger charge is -2.05. The maximum Gasteiger partial charge on any atom is 0.0195 e. The van der Waals surface area contributed by atoms with Crippen LogP contribution in [-0.2, 0) is 0 Å². The van der Waals surface area contributed by atoms with E-state index >= 15 is 0 Å². The van der Waals surface area contributed by atoms with Crippen molar-refractivity contribution in [2.75, 3.05) is 0 Å². The zero-order valence-corrected chi connectivity index (χ0v) is 9.92. The van der Waals surface area contributed by atoms with E-state index in [1.807, 2.05) is 11.8 Å². The maximum atomic E-state index is 2.24. The second-order valence-corrected chi connectivity index (χ2v) is 5.10. The van der Waals surface area contributed by atoms with E-state index in [9.17, 15) is 0 Å². The van der Waals surface area contributed by atoms with Gasteiger partial charge in [0.25, 0.3) is 0 Å². The molecule has 78 valence electrons. The van der Waals surface area contributed by atoms with Gasteiger partial charge in [0.2, 0.25) is 0 Å². The van der Waals surface area contributed by atoms with Crippen LogP contribution in [0.1, 0.15) is 16.7 Å². The van der Waals surface area contributed by atoms with Gasteiger partial charge in [-0.05, 0) is 30.2 Å². The molecule has 0 unspecified atom stereocenters.